The second kappa shape index (κ2) is 6.68. The van der Waals surface area contributed by atoms with Crippen LogP contribution in [-0.2, 0) is 10.0 Å². The minimum Gasteiger partial charge on any atom is -0.316 e. The maximum Gasteiger partial charge on any atom is 0.243 e. The summed E-state index contributed by atoms with van der Waals surface area (Å²) in [5.74, 6) is -0.0428. The summed E-state index contributed by atoms with van der Waals surface area (Å²) in [5, 5.41) is 3.14. The molecule has 0 amide bonds. The lowest BCUT2D eigenvalue weighted by Gasteiger charge is -2.31. The summed E-state index contributed by atoms with van der Waals surface area (Å²) in [6.07, 6.45) is 2.20. The monoisotopic (exact) mass is 310 g/mol. The highest BCUT2D eigenvalue weighted by Gasteiger charge is 2.29. The first-order chi connectivity index (χ1) is 9.98. The van der Waals surface area contributed by atoms with Crippen molar-refractivity contribution in [2.45, 2.75) is 37.1 Å². The second-order valence-corrected chi connectivity index (χ2v) is 7.23. The van der Waals surface area contributed by atoms with Gasteiger partial charge in [0.15, 0.2) is 5.78 Å². The number of sulfonamides is 1. The average molecular weight is 310 g/mol. The van der Waals surface area contributed by atoms with Crippen LogP contribution in [0.4, 0.5) is 0 Å². The van der Waals surface area contributed by atoms with Gasteiger partial charge in [0.05, 0.1) is 4.90 Å². The topological polar surface area (TPSA) is 66.5 Å². The summed E-state index contributed by atoms with van der Waals surface area (Å²) in [6.45, 7) is 2.78. The third-order valence-electron chi connectivity index (χ3n) is 3.91. The fourth-order valence-corrected chi connectivity index (χ4v) is 4.15. The number of rotatable bonds is 5. The van der Waals surface area contributed by atoms with Crippen molar-refractivity contribution in [1.82, 2.24) is 9.62 Å². The smallest absolute Gasteiger partial charge is 0.243 e. The molecule has 0 bridgehead atoms. The minimum absolute atomic E-state index is 0.0428. The number of likely N-dealkylation sites (N-methyl/N-ethyl adjacent to an activating group) is 1. The number of nitrogens with one attached hydrogen (secondary N) is 1. The molecule has 1 aromatic rings. The molecule has 1 saturated heterocycles. The molecule has 21 heavy (non-hydrogen) atoms. The number of benzene rings is 1. The van der Waals surface area contributed by atoms with Crippen molar-refractivity contribution < 1.29 is 13.2 Å². The fourth-order valence-electron chi connectivity index (χ4n) is 2.58. The van der Waals surface area contributed by atoms with Gasteiger partial charge >= 0.3 is 0 Å². The van der Waals surface area contributed by atoms with E-state index in [0.29, 0.717) is 25.1 Å². The van der Waals surface area contributed by atoms with Gasteiger partial charge in [0.1, 0.15) is 0 Å². The third-order valence-corrected chi connectivity index (χ3v) is 5.77. The van der Waals surface area contributed by atoms with Gasteiger partial charge in [-0.25, -0.2) is 8.42 Å². The maximum absolute atomic E-state index is 12.7. The first-order valence-corrected chi connectivity index (χ1v) is 8.73. The van der Waals surface area contributed by atoms with Crippen LogP contribution in [0, 0.1) is 0 Å². The lowest BCUT2D eigenvalue weighted by atomic mass is 10.1. The molecule has 0 aliphatic carbocycles. The lowest BCUT2D eigenvalue weighted by molar-refractivity contribution is 0.0988. The van der Waals surface area contributed by atoms with E-state index in [1.54, 1.807) is 25.1 Å². The molecule has 1 aromatic carbocycles. The Labute approximate surface area is 126 Å². The van der Waals surface area contributed by atoms with Gasteiger partial charge < -0.3 is 5.32 Å². The van der Waals surface area contributed by atoms with Crippen molar-refractivity contribution in [2.24, 2.45) is 0 Å². The number of hydrogen-bond donors (Lipinski definition) is 1. The molecule has 0 saturated carbocycles. The van der Waals surface area contributed by atoms with Crippen LogP contribution < -0.4 is 5.32 Å². The number of carbonyl (C=O) groups excluding carboxylic acids is 1. The van der Waals surface area contributed by atoms with Crippen LogP contribution in [-0.4, -0.2) is 44.7 Å². The zero-order valence-electron chi connectivity index (χ0n) is 12.5. The average Bonchev–Trinajstić information content (AvgIpc) is 2.54. The van der Waals surface area contributed by atoms with Gasteiger partial charge in [0, 0.05) is 31.1 Å². The summed E-state index contributed by atoms with van der Waals surface area (Å²) in [4.78, 5) is 12.0. The molecule has 0 spiro atoms. The van der Waals surface area contributed by atoms with Crippen LogP contribution in [0.3, 0.4) is 0 Å². The molecule has 0 aromatic heterocycles. The number of hydrogen-bond acceptors (Lipinski definition) is 4. The Bertz CT molecular complexity index is 613. The summed E-state index contributed by atoms with van der Waals surface area (Å²) >= 11 is 0. The zero-order chi connectivity index (χ0) is 15.5. The Kier molecular flexibility index (Phi) is 5.13. The van der Waals surface area contributed by atoms with Crippen LogP contribution in [0.15, 0.2) is 29.2 Å². The standard InChI is InChI=1S/C15H22N2O3S/c1-3-15(18)12-6-4-8-14(10-12)21(19,20)17-9-5-7-13(11-17)16-2/h4,6,8,10,13,16H,3,5,7,9,11H2,1-2H3. The van der Waals surface area contributed by atoms with E-state index < -0.39 is 10.0 Å². The summed E-state index contributed by atoms with van der Waals surface area (Å²) in [7, 11) is -1.68. The quantitative estimate of drug-likeness (QED) is 0.840. The van der Waals surface area contributed by atoms with E-state index in [4.69, 9.17) is 0 Å². The van der Waals surface area contributed by atoms with Gasteiger partial charge in [-0.3, -0.25) is 4.79 Å². The van der Waals surface area contributed by atoms with E-state index in [0.717, 1.165) is 12.8 Å². The number of ketones is 1. The molecule has 1 N–H and O–H groups in total. The predicted octanol–water partition coefficient (Wildman–Crippen LogP) is 1.65. The lowest BCUT2D eigenvalue weighted by Crippen LogP contribution is -2.46. The highest BCUT2D eigenvalue weighted by molar-refractivity contribution is 7.89. The largest absolute Gasteiger partial charge is 0.316 e. The maximum atomic E-state index is 12.7. The first kappa shape index (κ1) is 16.1. The molecule has 1 aliphatic heterocycles. The van der Waals surface area contributed by atoms with Crippen molar-refractivity contribution in [3.05, 3.63) is 29.8 Å². The van der Waals surface area contributed by atoms with Gasteiger partial charge in [0.2, 0.25) is 10.0 Å². The van der Waals surface area contributed by atoms with Crippen LogP contribution in [0.1, 0.15) is 36.5 Å². The highest BCUT2D eigenvalue weighted by Crippen LogP contribution is 2.22. The molecule has 1 unspecified atom stereocenters. The number of Topliss-reactive ketones (excluding diaryl/α,β-unsaturated/α-hetero) is 1. The molecule has 0 radical (unpaired) electrons. The van der Waals surface area contributed by atoms with E-state index in [2.05, 4.69) is 5.32 Å². The molecular formula is C15H22N2O3S. The van der Waals surface area contributed by atoms with E-state index in [9.17, 15) is 13.2 Å². The Balaban J connectivity index is 2.29. The molecule has 1 heterocycles. The zero-order valence-corrected chi connectivity index (χ0v) is 13.3. The molecule has 5 nitrogen and oxygen atoms in total. The van der Waals surface area contributed by atoms with Gasteiger partial charge in [-0.05, 0) is 32.0 Å². The molecular weight excluding hydrogens is 288 g/mol. The van der Waals surface area contributed by atoms with E-state index in [-0.39, 0.29) is 16.7 Å². The van der Waals surface area contributed by atoms with Crippen molar-refractivity contribution in [2.75, 3.05) is 20.1 Å². The normalized spacial score (nSPS) is 20.4. The van der Waals surface area contributed by atoms with Gasteiger partial charge in [-0.2, -0.15) is 4.31 Å². The SMILES string of the molecule is CCC(=O)c1cccc(S(=O)(=O)N2CCCC(NC)C2)c1. The first-order valence-electron chi connectivity index (χ1n) is 7.29. The van der Waals surface area contributed by atoms with Gasteiger partial charge in [-0.15, -0.1) is 0 Å². The fraction of sp³-hybridized carbons (Fsp3) is 0.533. The highest BCUT2D eigenvalue weighted by atomic mass is 32.2. The summed E-state index contributed by atoms with van der Waals surface area (Å²) in [6, 6.07) is 6.54. The van der Waals surface area contributed by atoms with Crippen molar-refractivity contribution in [1.29, 1.82) is 0 Å². The Morgan fingerprint density at radius 1 is 1.43 bits per heavy atom. The Morgan fingerprint density at radius 2 is 2.19 bits per heavy atom. The minimum atomic E-state index is -3.53. The van der Waals surface area contributed by atoms with Crippen LogP contribution in [0.25, 0.3) is 0 Å². The van der Waals surface area contributed by atoms with Crippen molar-refractivity contribution in [3.63, 3.8) is 0 Å². The van der Waals surface area contributed by atoms with E-state index >= 15 is 0 Å². The van der Waals surface area contributed by atoms with E-state index in [1.807, 2.05) is 7.05 Å². The molecule has 6 heteroatoms. The van der Waals surface area contributed by atoms with Gasteiger partial charge in [-0.1, -0.05) is 19.1 Å². The predicted molar refractivity (Wildman–Crippen MR) is 81.9 cm³/mol. The molecule has 116 valence electrons. The number of carbonyl (C=O) groups is 1. The third kappa shape index (κ3) is 3.51. The van der Waals surface area contributed by atoms with Crippen LogP contribution in [0.5, 0.6) is 0 Å². The van der Waals surface area contributed by atoms with Crippen LogP contribution >= 0.6 is 0 Å². The summed E-state index contributed by atoms with van der Waals surface area (Å²) < 4.78 is 26.9. The Morgan fingerprint density at radius 3 is 2.86 bits per heavy atom. The van der Waals surface area contributed by atoms with Crippen LogP contribution in [0.2, 0.25) is 0 Å². The summed E-state index contributed by atoms with van der Waals surface area (Å²) in [5.41, 5.74) is 0.459. The molecule has 1 atom stereocenters. The number of nitrogens with zero attached hydrogens (tertiary/aromatic N) is 1. The van der Waals surface area contributed by atoms with Crippen molar-refractivity contribution >= 4 is 15.8 Å². The van der Waals surface area contributed by atoms with Gasteiger partial charge in [0.25, 0.3) is 0 Å². The Hall–Kier alpha value is -1.24. The van der Waals surface area contributed by atoms with E-state index in [1.165, 1.54) is 10.4 Å². The molecule has 2 rings (SSSR count). The van der Waals surface area contributed by atoms with Crippen molar-refractivity contribution in [3.8, 4) is 0 Å². The molecule has 1 fully saturated rings. The number of piperidine rings is 1. The molecule has 1 aliphatic rings. The second-order valence-electron chi connectivity index (χ2n) is 5.30.